The van der Waals surface area contributed by atoms with Crippen LogP contribution in [-0.4, -0.2) is 35.0 Å². The maximum absolute atomic E-state index is 14.1. The second-order valence-electron chi connectivity index (χ2n) is 11.9. The average Bonchev–Trinajstić information content (AvgIpc) is 3.46. The first kappa shape index (κ1) is 29.8. The highest BCUT2D eigenvalue weighted by atomic mass is 19.4. The van der Waals surface area contributed by atoms with Crippen molar-refractivity contribution in [2.75, 3.05) is 13.2 Å². The second kappa shape index (κ2) is 11.2. The summed E-state index contributed by atoms with van der Waals surface area (Å²) in [6.45, 7) is 7.71. The molecule has 0 saturated carbocycles. The van der Waals surface area contributed by atoms with Gasteiger partial charge in [0.05, 0.1) is 30.8 Å². The molecule has 3 aromatic rings. The lowest BCUT2D eigenvalue weighted by molar-refractivity contribution is -0.138. The van der Waals surface area contributed by atoms with E-state index in [9.17, 15) is 23.1 Å². The third kappa shape index (κ3) is 6.36. The van der Waals surface area contributed by atoms with E-state index in [2.05, 4.69) is 0 Å². The summed E-state index contributed by atoms with van der Waals surface area (Å²) in [6, 6.07) is 11.3. The fourth-order valence-electron chi connectivity index (χ4n) is 5.93. The molecule has 5 rings (SSSR count). The van der Waals surface area contributed by atoms with Crippen molar-refractivity contribution in [3.63, 3.8) is 0 Å². The van der Waals surface area contributed by atoms with Crippen LogP contribution >= 0.6 is 0 Å². The smallest absolute Gasteiger partial charge is 0.416 e. The molecule has 0 amide bonds. The highest BCUT2D eigenvalue weighted by Crippen LogP contribution is 2.47. The molecule has 0 bridgehead atoms. The van der Waals surface area contributed by atoms with E-state index in [-0.39, 0.29) is 18.9 Å². The van der Waals surface area contributed by atoms with Crippen LogP contribution in [-0.2, 0) is 17.4 Å². The number of hydrogen-bond acceptors (Lipinski definition) is 5. The minimum absolute atomic E-state index is 0.0427. The number of fused-ring (bicyclic) bond motifs is 2. The molecule has 1 heterocycles. The van der Waals surface area contributed by atoms with E-state index in [1.807, 2.05) is 26.0 Å². The topological polar surface area (TPSA) is 85.2 Å². The molecular weight excluding hydrogens is 549 g/mol. The maximum Gasteiger partial charge on any atom is 0.416 e. The number of carboxylic acids is 1. The minimum atomic E-state index is -4.54. The first-order valence-electron chi connectivity index (χ1n) is 14.1. The summed E-state index contributed by atoms with van der Waals surface area (Å²) < 4.78 is 60.2. The van der Waals surface area contributed by atoms with Crippen LogP contribution in [0.15, 0.2) is 42.5 Å². The zero-order chi connectivity index (χ0) is 30.4. The van der Waals surface area contributed by atoms with Crippen LogP contribution in [0.4, 0.5) is 13.2 Å². The van der Waals surface area contributed by atoms with Gasteiger partial charge in [0.2, 0.25) is 0 Å². The van der Waals surface area contributed by atoms with Gasteiger partial charge >= 0.3 is 12.1 Å². The molecule has 9 heteroatoms. The van der Waals surface area contributed by atoms with Gasteiger partial charge in [0.1, 0.15) is 23.4 Å². The first-order valence-corrected chi connectivity index (χ1v) is 14.1. The molecule has 0 spiro atoms. The van der Waals surface area contributed by atoms with Crippen LogP contribution in [0.3, 0.4) is 0 Å². The Bertz CT molecular complexity index is 1480. The quantitative estimate of drug-likeness (QED) is 0.270. The van der Waals surface area contributed by atoms with Gasteiger partial charge in [-0.05, 0) is 104 Å². The molecule has 42 heavy (non-hydrogen) atoms. The molecule has 224 valence electrons. The number of hydrogen-bond donors (Lipinski definition) is 2. The van der Waals surface area contributed by atoms with E-state index >= 15 is 0 Å². The monoisotopic (exact) mass is 584 g/mol. The van der Waals surface area contributed by atoms with E-state index in [4.69, 9.17) is 19.3 Å². The van der Waals surface area contributed by atoms with Crippen molar-refractivity contribution in [3.8, 4) is 28.4 Å². The predicted octanol–water partition coefficient (Wildman–Crippen LogP) is 7.55. The van der Waals surface area contributed by atoms with Crippen molar-refractivity contribution < 1.29 is 42.4 Å². The van der Waals surface area contributed by atoms with Crippen LogP contribution < -0.4 is 14.2 Å². The Kier molecular flexibility index (Phi) is 7.91. The summed E-state index contributed by atoms with van der Waals surface area (Å²) in [6.07, 6.45) is -3.66. The largest absolute Gasteiger partial charge is 0.493 e. The van der Waals surface area contributed by atoms with Gasteiger partial charge in [-0.15, -0.1) is 0 Å². The van der Waals surface area contributed by atoms with Gasteiger partial charge in [-0.3, -0.25) is 4.79 Å². The molecule has 1 aliphatic carbocycles. The third-order valence-electron chi connectivity index (χ3n) is 7.94. The van der Waals surface area contributed by atoms with Crippen molar-refractivity contribution in [2.45, 2.75) is 77.2 Å². The molecule has 2 unspecified atom stereocenters. The maximum atomic E-state index is 14.1. The second-order valence-corrected chi connectivity index (χ2v) is 11.9. The van der Waals surface area contributed by atoms with Gasteiger partial charge in [0.25, 0.3) is 0 Å². The van der Waals surface area contributed by atoms with Gasteiger partial charge in [0.15, 0.2) is 0 Å². The number of carboxylic acid groups (broad SMARTS) is 1. The normalized spacial score (nSPS) is 17.9. The molecule has 0 radical (unpaired) electrons. The predicted molar refractivity (Wildman–Crippen MR) is 151 cm³/mol. The van der Waals surface area contributed by atoms with Gasteiger partial charge in [-0.2, -0.15) is 13.2 Å². The number of ether oxygens (including phenoxy) is 3. The van der Waals surface area contributed by atoms with Crippen molar-refractivity contribution in [3.05, 3.63) is 75.8 Å². The number of alkyl halides is 3. The lowest BCUT2D eigenvalue weighted by Crippen LogP contribution is -2.21. The van der Waals surface area contributed by atoms with Crippen LogP contribution in [0, 0.1) is 13.8 Å². The van der Waals surface area contributed by atoms with Gasteiger partial charge in [-0.25, -0.2) is 0 Å². The van der Waals surface area contributed by atoms with Crippen molar-refractivity contribution >= 4 is 5.97 Å². The van der Waals surface area contributed by atoms with E-state index in [1.165, 1.54) is 12.1 Å². The molecule has 0 aromatic heterocycles. The Morgan fingerprint density at radius 2 is 1.74 bits per heavy atom. The lowest BCUT2D eigenvalue weighted by Gasteiger charge is -2.21. The van der Waals surface area contributed by atoms with Gasteiger partial charge in [-0.1, -0.05) is 6.07 Å². The summed E-state index contributed by atoms with van der Waals surface area (Å²) in [5.74, 6) is 0.445. The Morgan fingerprint density at radius 1 is 1.02 bits per heavy atom. The van der Waals surface area contributed by atoms with E-state index < -0.39 is 29.4 Å². The van der Waals surface area contributed by atoms with Crippen molar-refractivity contribution in [1.82, 2.24) is 0 Å². The van der Waals surface area contributed by atoms with Crippen LogP contribution in [0.25, 0.3) is 11.1 Å². The number of rotatable bonds is 9. The number of benzene rings is 3. The molecule has 0 fully saturated rings. The van der Waals surface area contributed by atoms with Gasteiger partial charge < -0.3 is 24.4 Å². The Balaban J connectivity index is 1.46. The van der Waals surface area contributed by atoms with E-state index in [0.29, 0.717) is 54.2 Å². The van der Waals surface area contributed by atoms with Crippen LogP contribution in [0.1, 0.15) is 78.5 Å². The average molecular weight is 585 g/mol. The minimum Gasteiger partial charge on any atom is -0.493 e. The highest BCUT2D eigenvalue weighted by molar-refractivity contribution is 5.77. The van der Waals surface area contributed by atoms with Crippen molar-refractivity contribution in [2.24, 2.45) is 0 Å². The molecule has 2 atom stereocenters. The molecule has 0 saturated heterocycles. The fourth-order valence-corrected chi connectivity index (χ4v) is 5.93. The molecule has 6 nitrogen and oxygen atoms in total. The SMILES string of the molecule is Cc1cc(OCCC(C)(C)O)cc(C)c1-c1cc(C(F)(F)F)cc2c1CCC2Oc1ccc2c(c1)OCC2CC(=O)O. The fraction of sp³-hybridized carbons (Fsp3) is 0.424. The lowest BCUT2D eigenvalue weighted by atomic mass is 9.88. The summed E-state index contributed by atoms with van der Waals surface area (Å²) in [4.78, 5) is 11.2. The van der Waals surface area contributed by atoms with Crippen LogP contribution in [0.2, 0.25) is 0 Å². The van der Waals surface area contributed by atoms with Crippen molar-refractivity contribution in [1.29, 1.82) is 0 Å². The molecule has 2 aliphatic rings. The Hall–Kier alpha value is -3.72. The summed E-state index contributed by atoms with van der Waals surface area (Å²) in [5, 5.41) is 19.1. The molecule has 3 aromatic carbocycles. The van der Waals surface area contributed by atoms with Gasteiger partial charge in [0, 0.05) is 24.0 Å². The molecule has 1 aliphatic heterocycles. The number of halogens is 3. The van der Waals surface area contributed by atoms with E-state index in [1.54, 1.807) is 32.0 Å². The summed E-state index contributed by atoms with van der Waals surface area (Å²) >= 11 is 0. The number of aliphatic hydroxyl groups is 1. The zero-order valence-corrected chi connectivity index (χ0v) is 24.1. The standard InChI is InChI=1S/C33H35F3O6/c1-18-11-23(40-10-9-32(3,4)39)12-19(2)31(18)27-15-21(33(34,35)36)14-26-25(27)7-8-28(26)42-22-5-6-24-20(13-30(37)38)17-41-29(24)16-22/h5-6,11-12,14-16,20,28,39H,7-10,13,17H2,1-4H3,(H,37,38). The zero-order valence-electron chi connectivity index (χ0n) is 24.1. The number of aliphatic carboxylic acids is 1. The number of carbonyl (C=O) groups is 1. The number of aryl methyl sites for hydroxylation is 2. The molecule has 2 N–H and O–H groups in total. The van der Waals surface area contributed by atoms with E-state index in [0.717, 1.165) is 27.8 Å². The summed E-state index contributed by atoms with van der Waals surface area (Å²) in [5.41, 5.74) is 3.40. The third-order valence-corrected chi connectivity index (χ3v) is 7.94. The van der Waals surface area contributed by atoms with Crippen LogP contribution in [0.5, 0.6) is 17.2 Å². The molecular formula is C33H35F3O6. The highest BCUT2D eigenvalue weighted by Gasteiger charge is 2.36. The Labute approximate surface area is 243 Å². The Morgan fingerprint density at radius 3 is 2.38 bits per heavy atom. The first-order chi connectivity index (χ1) is 19.7. The summed E-state index contributed by atoms with van der Waals surface area (Å²) in [7, 11) is 0.